The Balaban J connectivity index is 1.83. The van der Waals surface area contributed by atoms with Crippen LogP contribution >= 0.6 is 28.1 Å². The first-order valence-corrected chi connectivity index (χ1v) is 7.97. The summed E-state index contributed by atoms with van der Waals surface area (Å²) in [6, 6.07) is 15.8. The number of nitrogens with zero attached hydrogens (tertiary/aromatic N) is 2. The lowest BCUT2D eigenvalue weighted by molar-refractivity contribution is 0.522. The van der Waals surface area contributed by atoms with Crippen molar-refractivity contribution in [2.45, 2.75) is 13.6 Å². The second-order valence-corrected chi connectivity index (χ2v) is 6.01. The van der Waals surface area contributed by atoms with E-state index in [1.165, 1.54) is 5.56 Å². The van der Waals surface area contributed by atoms with E-state index in [1.54, 1.807) is 4.68 Å². The van der Waals surface area contributed by atoms with Gasteiger partial charge in [-0.25, -0.2) is 4.68 Å². The summed E-state index contributed by atoms with van der Waals surface area (Å²) in [6.45, 7) is 2.51. The summed E-state index contributed by atoms with van der Waals surface area (Å²) in [5, 5.41) is 7.75. The van der Waals surface area contributed by atoms with Crippen molar-refractivity contribution < 1.29 is 4.42 Å². The van der Waals surface area contributed by atoms with Gasteiger partial charge in [0.25, 0.3) is 4.84 Å². The summed E-state index contributed by atoms with van der Waals surface area (Å²) in [5.41, 5.74) is 3.10. The molecule has 0 bridgehead atoms. The van der Waals surface area contributed by atoms with Crippen molar-refractivity contribution in [3.05, 3.63) is 63.4 Å². The molecule has 0 aliphatic heterocycles. The van der Waals surface area contributed by atoms with Gasteiger partial charge in [0.1, 0.15) is 6.67 Å². The molecule has 0 aliphatic carbocycles. The Bertz CT molecular complexity index is 856. The van der Waals surface area contributed by atoms with Gasteiger partial charge < -0.3 is 9.73 Å². The molecular formula is C16H14BrN3OS. The normalized spacial score (nSPS) is 10.6. The SMILES string of the molecule is Cc1ccccc1NCn1nc(-c2ccccc2Br)oc1=S. The molecule has 6 heteroatoms. The maximum absolute atomic E-state index is 5.60. The van der Waals surface area contributed by atoms with Crippen LogP contribution in [0.4, 0.5) is 5.69 Å². The number of rotatable bonds is 4. The largest absolute Gasteiger partial charge is 0.409 e. The van der Waals surface area contributed by atoms with Gasteiger partial charge in [-0.3, -0.25) is 0 Å². The highest BCUT2D eigenvalue weighted by Crippen LogP contribution is 2.26. The van der Waals surface area contributed by atoms with E-state index >= 15 is 0 Å². The van der Waals surface area contributed by atoms with Gasteiger partial charge in [-0.1, -0.05) is 30.3 Å². The van der Waals surface area contributed by atoms with Crippen LogP contribution < -0.4 is 5.32 Å². The predicted molar refractivity (Wildman–Crippen MR) is 93.3 cm³/mol. The molecule has 4 nitrogen and oxygen atoms in total. The van der Waals surface area contributed by atoms with Crippen molar-refractivity contribution in [3.63, 3.8) is 0 Å². The molecule has 1 heterocycles. The lowest BCUT2D eigenvalue weighted by atomic mass is 10.2. The molecule has 0 atom stereocenters. The number of hydrogen-bond acceptors (Lipinski definition) is 4. The fraction of sp³-hybridized carbons (Fsp3) is 0.125. The van der Waals surface area contributed by atoms with Gasteiger partial charge >= 0.3 is 0 Å². The first-order valence-electron chi connectivity index (χ1n) is 6.77. The molecule has 1 aromatic heterocycles. The number of benzene rings is 2. The van der Waals surface area contributed by atoms with Crippen LogP contribution in [0.2, 0.25) is 0 Å². The van der Waals surface area contributed by atoms with Crippen molar-refractivity contribution in [2.75, 3.05) is 5.32 Å². The van der Waals surface area contributed by atoms with E-state index in [1.807, 2.05) is 42.5 Å². The quantitative estimate of drug-likeness (QED) is 0.650. The van der Waals surface area contributed by atoms with Crippen LogP contribution in [-0.4, -0.2) is 9.78 Å². The van der Waals surface area contributed by atoms with Gasteiger partial charge in [-0.05, 0) is 58.8 Å². The van der Waals surface area contributed by atoms with Crippen molar-refractivity contribution >= 4 is 33.8 Å². The number of para-hydroxylation sites is 1. The smallest absolute Gasteiger partial charge is 0.289 e. The van der Waals surface area contributed by atoms with Crippen LogP contribution in [0.25, 0.3) is 11.5 Å². The summed E-state index contributed by atoms with van der Waals surface area (Å²) < 4.78 is 8.15. The van der Waals surface area contributed by atoms with E-state index < -0.39 is 0 Å². The standard InChI is InChI=1S/C16H14BrN3OS/c1-11-6-2-5-9-14(11)18-10-20-16(22)21-15(19-20)12-7-3-4-8-13(12)17/h2-9,18H,10H2,1H3. The zero-order chi connectivity index (χ0) is 15.5. The first-order chi connectivity index (χ1) is 10.6. The van der Waals surface area contributed by atoms with E-state index in [2.05, 4.69) is 39.3 Å². The number of hydrogen-bond donors (Lipinski definition) is 1. The van der Waals surface area contributed by atoms with Crippen molar-refractivity contribution in [2.24, 2.45) is 0 Å². The van der Waals surface area contributed by atoms with E-state index in [9.17, 15) is 0 Å². The maximum Gasteiger partial charge on any atom is 0.289 e. The van der Waals surface area contributed by atoms with Crippen LogP contribution in [0, 0.1) is 11.8 Å². The molecule has 0 spiro atoms. The van der Waals surface area contributed by atoms with Crippen LogP contribution in [0.3, 0.4) is 0 Å². The van der Waals surface area contributed by atoms with Gasteiger partial charge in [0.2, 0.25) is 5.89 Å². The van der Waals surface area contributed by atoms with E-state index in [4.69, 9.17) is 16.6 Å². The molecule has 0 aliphatic rings. The Morgan fingerprint density at radius 1 is 1.18 bits per heavy atom. The minimum atomic E-state index is 0.340. The Morgan fingerprint density at radius 2 is 1.91 bits per heavy atom. The van der Waals surface area contributed by atoms with Crippen molar-refractivity contribution in [1.82, 2.24) is 9.78 Å². The minimum absolute atomic E-state index is 0.340. The van der Waals surface area contributed by atoms with Crippen molar-refractivity contribution in [1.29, 1.82) is 0 Å². The molecule has 2 aromatic carbocycles. The number of aryl methyl sites for hydroxylation is 1. The van der Waals surface area contributed by atoms with Gasteiger partial charge in [0.15, 0.2) is 0 Å². The fourth-order valence-electron chi connectivity index (χ4n) is 2.08. The van der Waals surface area contributed by atoms with Gasteiger partial charge in [0, 0.05) is 10.2 Å². The molecule has 0 fully saturated rings. The summed E-state index contributed by atoms with van der Waals surface area (Å²) in [4.78, 5) is 0.340. The topological polar surface area (TPSA) is 43.0 Å². The lowest BCUT2D eigenvalue weighted by Crippen LogP contribution is -2.10. The highest BCUT2D eigenvalue weighted by molar-refractivity contribution is 9.10. The lowest BCUT2D eigenvalue weighted by Gasteiger charge is -2.08. The zero-order valence-corrected chi connectivity index (χ0v) is 14.3. The second kappa shape index (κ2) is 6.46. The Morgan fingerprint density at radius 3 is 2.68 bits per heavy atom. The van der Waals surface area contributed by atoms with Crippen LogP contribution in [-0.2, 0) is 6.67 Å². The monoisotopic (exact) mass is 375 g/mol. The number of halogens is 1. The molecule has 0 radical (unpaired) electrons. The predicted octanol–water partition coefficient (Wildman–Crippen LogP) is 5.01. The summed E-state index contributed by atoms with van der Waals surface area (Å²) in [6.07, 6.45) is 0. The molecule has 3 aromatic rings. The molecule has 0 saturated carbocycles. The minimum Gasteiger partial charge on any atom is -0.409 e. The van der Waals surface area contributed by atoms with Gasteiger partial charge in [0.05, 0.1) is 5.56 Å². The zero-order valence-electron chi connectivity index (χ0n) is 11.9. The number of anilines is 1. The molecule has 3 rings (SSSR count). The third kappa shape index (κ3) is 3.13. The van der Waals surface area contributed by atoms with Gasteiger partial charge in [-0.15, -0.1) is 5.10 Å². The van der Waals surface area contributed by atoms with E-state index in [0.717, 1.165) is 15.7 Å². The van der Waals surface area contributed by atoms with E-state index in [-0.39, 0.29) is 0 Å². The summed E-state index contributed by atoms with van der Waals surface area (Å²) in [7, 11) is 0. The average molecular weight is 376 g/mol. The summed E-state index contributed by atoms with van der Waals surface area (Å²) >= 11 is 8.74. The Hall–Kier alpha value is -1.92. The average Bonchev–Trinajstić information content (AvgIpc) is 2.88. The second-order valence-electron chi connectivity index (χ2n) is 4.80. The Kier molecular flexibility index (Phi) is 4.40. The fourth-order valence-corrected chi connectivity index (χ4v) is 2.72. The molecule has 0 saturated heterocycles. The molecular weight excluding hydrogens is 362 g/mol. The highest BCUT2D eigenvalue weighted by Gasteiger charge is 2.11. The molecule has 22 heavy (non-hydrogen) atoms. The van der Waals surface area contributed by atoms with E-state index in [0.29, 0.717) is 17.4 Å². The number of aromatic nitrogens is 2. The first kappa shape index (κ1) is 15.0. The van der Waals surface area contributed by atoms with Gasteiger partial charge in [-0.2, -0.15) is 0 Å². The number of nitrogens with one attached hydrogen (secondary N) is 1. The van der Waals surface area contributed by atoms with Crippen LogP contribution in [0.15, 0.2) is 57.4 Å². The highest BCUT2D eigenvalue weighted by atomic mass is 79.9. The van der Waals surface area contributed by atoms with Crippen molar-refractivity contribution in [3.8, 4) is 11.5 Å². The van der Waals surface area contributed by atoms with Crippen LogP contribution in [0.1, 0.15) is 5.56 Å². The maximum atomic E-state index is 5.60. The molecule has 0 amide bonds. The Labute approximate surface area is 141 Å². The third-order valence-corrected chi connectivity index (χ3v) is 4.26. The molecule has 1 N–H and O–H groups in total. The third-order valence-electron chi connectivity index (χ3n) is 3.27. The summed E-state index contributed by atoms with van der Waals surface area (Å²) in [5.74, 6) is 0.504. The van der Waals surface area contributed by atoms with Crippen LogP contribution in [0.5, 0.6) is 0 Å². The molecule has 112 valence electrons. The molecule has 0 unspecified atom stereocenters.